The van der Waals surface area contributed by atoms with Crippen LogP contribution in [0.1, 0.15) is 29.8 Å². The van der Waals surface area contributed by atoms with E-state index in [0.717, 1.165) is 45.4 Å². The summed E-state index contributed by atoms with van der Waals surface area (Å²) < 4.78 is 5.20. The molecule has 1 aromatic rings. The zero-order valence-corrected chi connectivity index (χ0v) is 11.0. The molecule has 0 aromatic carbocycles. The maximum atomic E-state index is 12.2. The van der Waals surface area contributed by atoms with E-state index in [1.807, 2.05) is 4.90 Å². The van der Waals surface area contributed by atoms with Gasteiger partial charge in [-0.25, -0.2) is 0 Å². The Morgan fingerprint density at radius 3 is 2.78 bits per heavy atom. The Morgan fingerprint density at radius 1 is 1.33 bits per heavy atom. The summed E-state index contributed by atoms with van der Waals surface area (Å²) in [7, 11) is 0. The van der Waals surface area contributed by atoms with Crippen molar-refractivity contribution in [2.75, 3.05) is 26.2 Å². The van der Waals surface area contributed by atoms with Gasteiger partial charge >= 0.3 is 0 Å². The lowest BCUT2D eigenvalue weighted by molar-refractivity contribution is 0.0730. The first kappa shape index (κ1) is 12.1. The van der Waals surface area contributed by atoms with Crippen molar-refractivity contribution < 1.29 is 9.21 Å². The summed E-state index contributed by atoms with van der Waals surface area (Å²) in [5.41, 5.74) is 0.331. The second-order valence-electron chi connectivity index (χ2n) is 5.33. The number of amides is 1. The van der Waals surface area contributed by atoms with Crippen molar-refractivity contribution in [3.63, 3.8) is 0 Å². The molecule has 18 heavy (non-hydrogen) atoms. The largest absolute Gasteiger partial charge is 0.440 e. The van der Waals surface area contributed by atoms with E-state index in [-0.39, 0.29) is 11.1 Å². The predicted molar refractivity (Wildman–Crippen MR) is 68.8 cm³/mol. The Labute approximate surface area is 111 Å². The summed E-state index contributed by atoms with van der Waals surface area (Å²) in [5.74, 6) is 0.322. The summed E-state index contributed by atoms with van der Waals surface area (Å²) in [5, 5.41) is 3.65. The lowest BCUT2D eigenvalue weighted by atomic mass is 9.78. The molecule has 0 unspecified atom stereocenters. The number of furan rings is 1. The van der Waals surface area contributed by atoms with E-state index >= 15 is 0 Å². The maximum absolute atomic E-state index is 12.2. The van der Waals surface area contributed by atoms with Crippen LogP contribution in [-0.4, -0.2) is 37.0 Å². The highest BCUT2D eigenvalue weighted by Gasteiger charge is 2.41. The van der Waals surface area contributed by atoms with Crippen LogP contribution in [0.15, 0.2) is 16.5 Å². The van der Waals surface area contributed by atoms with Crippen molar-refractivity contribution in [2.45, 2.75) is 19.3 Å². The summed E-state index contributed by atoms with van der Waals surface area (Å²) in [6.45, 7) is 3.81. The number of carbonyl (C=O) groups excluding carboxylic acids is 1. The van der Waals surface area contributed by atoms with E-state index in [4.69, 9.17) is 16.0 Å². The third-order valence-corrected chi connectivity index (χ3v) is 4.38. The topological polar surface area (TPSA) is 45.5 Å². The minimum absolute atomic E-state index is 0.0303. The molecule has 1 aromatic heterocycles. The van der Waals surface area contributed by atoms with Gasteiger partial charge in [-0.3, -0.25) is 4.79 Å². The van der Waals surface area contributed by atoms with Gasteiger partial charge < -0.3 is 14.6 Å². The van der Waals surface area contributed by atoms with Gasteiger partial charge in [-0.1, -0.05) is 0 Å². The second kappa shape index (κ2) is 4.59. The van der Waals surface area contributed by atoms with Crippen molar-refractivity contribution in [3.8, 4) is 0 Å². The maximum Gasteiger partial charge on any atom is 0.289 e. The Bertz CT molecular complexity index is 452. The van der Waals surface area contributed by atoms with E-state index in [9.17, 15) is 4.79 Å². The zero-order chi connectivity index (χ0) is 12.6. The predicted octanol–water partition coefficient (Wildman–Crippen LogP) is 2.15. The van der Waals surface area contributed by atoms with E-state index in [0.29, 0.717) is 11.2 Å². The Balaban J connectivity index is 1.70. The van der Waals surface area contributed by atoms with Gasteiger partial charge in [-0.2, -0.15) is 0 Å². The molecule has 0 aliphatic carbocycles. The van der Waals surface area contributed by atoms with Gasteiger partial charge in [0.05, 0.1) is 0 Å². The zero-order valence-electron chi connectivity index (χ0n) is 10.2. The summed E-state index contributed by atoms with van der Waals surface area (Å²) in [6.07, 6.45) is 3.43. The van der Waals surface area contributed by atoms with Gasteiger partial charge in [0.25, 0.3) is 5.91 Å². The van der Waals surface area contributed by atoms with E-state index in [1.54, 1.807) is 12.1 Å². The standard InChI is InChI=1S/C13H17ClN2O2/c14-11-2-1-10(18-11)12(17)16-8-5-13(9-16)3-6-15-7-4-13/h1-2,15H,3-9H2. The summed E-state index contributed by atoms with van der Waals surface area (Å²) >= 11 is 5.71. The molecule has 3 heterocycles. The Kier molecular flexibility index (Phi) is 3.08. The van der Waals surface area contributed by atoms with Crippen molar-refractivity contribution >= 4 is 17.5 Å². The van der Waals surface area contributed by atoms with Crippen molar-refractivity contribution in [3.05, 3.63) is 23.1 Å². The summed E-state index contributed by atoms with van der Waals surface area (Å²) in [6, 6.07) is 3.27. The first-order chi connectivity index (χ1) is 8.69. The van der Waals surface area contributed by atoms with Gasteiger partial charge in [0.15, 0.2) is 11.0 Å². The van der Waals surface area contributed by atoms with E-state index < -0.39 is 0 Å². The SMILES string of the molecule is O=C(c1ccc(Cl)o1)N1CCC2(CCNCC2)C1. The van der Waals surface area contributed by atoms with Crippen LogP contribution in [0.2, 0.25) is 5.22 Å². The molecule has 98 valence electrons. The molecule has 0 bridgehead atoms. The number of carbonyl (C=O) groups is 1. The Hall–Kier alpha value is -1.00. The molecule has 4 nitrogen and oxygen atoms in total. The molecule has 1 amide bonds. The van der Waals surface area contributed by atoms with Crippen LogP contribution in [-0.2, 0) is 0 Å². The molecular formula is C13H17ClN2O2. The lowest BCUT2D eigenvalue weighted by Gasteiger charge is -2.33. The van der Waals surface area contributed by atoms with Crippen LogP contribution in [0.25, 0.3) is 0 Å². The van der Waals surface area contributed by atoms with Gasteiger partial charge in [0, 0.05) is 13.1 Å². The molecule has 0 atom stereocenters. The fourth-order valence-electron chi connectivity index (χ4n) is 3.06. The number of halogens is 1. The average Bonchev–Trinajstić information content (AvgIpc) is 2.97. The first-order valence-corrected chi connectivity index (χ1v) is 6.82. The number of hydrogen-bond acceptors (Lipinski definition) is 3. The van der Waals surface area contributed by atoms with E-state index in [1.165, 1.54) is 0 Å². The van der Waals surface area contributed by atoms with Gasteiger partial charge in [-0.05, 0) is 61.5 Å². The number of likely N-dealkylation sites (tertiary alicyclic amines) is 1. The smallest absolute Gasteiger partial charge is 0.289 e. The molecular weight excluding hydrogens is 252 g/mol. The van der Waals surface area contributed by atoms with Crippen LogP contribution in [0.3, 0.4) is 0 Å². The Morgan fingerprint density at radius 2 is 2.11 bits per heavy atom. The fraction of sp³-hybridized carbons (Fsp3) is 0.615. The van der Waals surface area contributed by atoms with Gasteiger partial charge in [-0.15, -0.1) is 0 Å². The molecule has 1 N–H and O–H groups in total. The molecule has 1 spiro atoms. The molecule has 2 aliphatic rings. The highest BCUT2D eigenvalue weighted by atomic mass is 35.5. The quantitative estimate of drug-likeness (QED) is 0.849. The fourth-order valence-corrected chi connectivity index (χ4v) is 3.20. The number of nitrogens with one attached hydrogen (secondary N) is 1. The van der Waals surface area contributed by atoms with Crippen molar-refractivity contribution in [1.82, 2.24) is 10.2 Å². The monoisotopic (exact) mass is 268 g/mol. The molecule has 2 fully saturated rings. The average molecular weight is 269 g/mol. The van der Waals surface area contributed by atoms with E-state index in [2.05, 4.69) is 5.32 Å². The minimum atomic E-state index is -0.0303. The van der Waals surface area contributed by atoms with Crippen molar-refractivity contribution in [1.29, 1.82) is 0 Å². The highest BCUT2D eigenvalue weighted by molar-refractivity contribution is 6.29. The number of nitrogens with zero attached hydrogens (tertiary/aromatic N) is 1. The van der Waals surface area contributed by atoms with Crippen LogP contribution in [0, 0.1) is 5.41 Å². The molecule has 5 heteroatoms. The normalized spacial score (nSPS) is 22.6. The molecule has 2 aliphatic heterocycles. The van der Waals surface area contributed by atoms with Crippen LogP contribution in [0.5, 0.6) is 0 Å². The van der Waals surface area contributed by atoms with Crippen LogP contribution in [0.4, 0.5) is 0 Å². The molecule has 0 radical (unpaired) electrons. The van der Waals surface area contributed by atoms with Crippen LogP contribution < -0.4 is 5.32 Å². The highest BCUT2D eigenvalue weighted by Crippen LogP contribution is 2.39. The summed E-state index contributed by atoms with van der Waals surface area (Å²) in [4.78, 5) is 14.1. The molecule has 2 saturated heterocycles. The van der Waals surface area contributed by atoms with Crippen molar-refractivity contribution in [2.24, 2.45) is 5.41 Å². The first-order valence-electron chi connectivity index (χ1n) is 6.44. The van der Waals surface area contributed by atoms with Gasteiger partial charge in [0.1, 0.15) is 0 Å². The number of hydrogen-bond donors (Lipinski definition) is 1. The third-order valence-electron chi connectivity index (χ3n) is 4.17. The second-order valence-corrected chi connectivity index (χ2v) is 5.70. The minimum Gasteiger partial charge on any atom is -0.440 e. The van der Waals surface area contributed by atoms with Gasteiger partial charge in [0.2, 0.25) is 0 Å². The molecule has 0 saturated carbocycles. The third kappa shape index (κ3) is 2.15. The molecule has 3 rings (SSSR count). The lowest BCUT2D eigenvalue weighted by Crippen LogP contribution is -2.39. The number of rotatable bonds is 1. The van der Waals surface area contributed by atoms with Crippen LogP contribution >= 0.6 is 11.6 Å². The number of piperidine rings is 1.